The highest BCUT2D eigenvalue weighted by atomic mass is 32.2. The molecule has 1 fully saturated rings. The van der Waals surface area contributed by atoms with E-state index in [1.165, 1.54) is 10.7 Å². The number of rotatable bonds is 6. The zero-order valence-electron chi connectivity index (χ0n) is 11.6. The van der Waals surface area contributed by atoms with Crippen LogP contribution in [-0.4, -0.2) is 37.7 Å². The molecule has 1 saturated carbocycles. The van der Waals surface area contributed by atoms with E-state index in [0.717, 1.165) is 18.4 Å². The van der Waals surface area contributed by atoms with Crippen LogP contribution in [0.4, 0.5) is 0 Å². The van der Waals surface area contributed by atoms with Crippen molar-refractivity contribution in [3.63, 3.8) is 0 Å². The molecule has 2 rings (SSSR count). The van der Waals surface area contributed by atoms with E-state index in [9.17, 15) is 8.42 Å². The fraction of sp³-hybridized carbons (Fsp3) is 0.571. The van der Waals surface area contributed by atoms with Gasteiger partial charge in [0.15, 0.2) is 0 Å². The van der Waals surface area contributed by atoms with Crippen molar-refractivity contribution in [1.82, 2.24) is 8.61 Å². The molecule has 1 aliphatic carbocycles. The molecule has 0 aliphatic heterocycles. The summed E-state index contributed by atoms with van der Waals surface area (Å²) in [4.78, 5) is 0. The van der Waals surface area contributed by atoms with Crippen molar-refractivity contribution in [2.75, 3.05) is 20.6 Å². The summed E-state index contributed by atoms with van der Waals surface area (Å²) in [5.74, 6) is 0.526. The van der Waals surface area contributed by atoms with Gasteiger partial charge >= 0.3 is 0 Å². The molecule has 0 aromatic heterocycles. The second kappa shape index (κ2) is 6.03. The van der Waals surface area contributed by atoms with Crippen molar-refractivity contribution in [3.8, 4) is 0 Å². The Morgan fingerprint density at radius 2 is 1.79 bits per heavy atom. The van der Waals surface area contributed by atoms with E-state index < -0.39 is 10.2 Å². The molecule has 0 heterocycles. The van der Waals surface area contributed by atoms with E-state index in [1.54, 1.807) is 18.4 Å². The molecule has 0 atom stereocenters. The molecule has 0 radical (unpaired) electrons. The molecule has 0 amide bonds. The van der Waals surface area contributed by atoms with Gasteiger partial charge in [-0.3, -0.25) is 0 Å². The summed E-state index contributed by atoms with van der Waals surface area (Å²) in [7, 11) is -0.159. The van der Waals surface area contributed by atoms with Crippen molar-refractivity contribution in [1.29, 1.82) is 0 Å². The largest absolute Gasteiger partial charge is 0.281 e. The van der Waals surface area contributed by atoms with Crippen LogP contribution in [-0.2, 0) is 16.8 Å². The molecule has 0 N–H and O–H groups in total. The van der Waals surface area contributed by atoms with Gasteiger partial charge in [-0.1, -0.05) is 36.8 Å². The van der Waals surface area contributed by atoms with E-state index in [-0.39, 0.29) is 0 Å². The van der Waals surface area contributed by atoms with Crippen molar-refractivity contribution in [2.24, 2.45) is 5.92 Å². The first-order chi connectivity index (χ1) is 9.00. The van der Waals surface area contributed by atoms with Gasteiger partial charge in [0.1, 0.15) is 0 Å². The standard InChI is InChI=1S/C14H22N2O2S/c1-15(2)19(17,18)16(12-14-9-6-10-14)11-13-7-4-3-5-8-13/h3-5,7-8,14H,6,9-12H2,1-2H3. The second-order valence-corrected chi connectivity index (χ2v) is 7.51. The van der Waals surface area contributed by atoms with Gasteiger partial charge in [0, 0.05) is 27.2 Å². The fourth-order valence-electron chi connectivity index (χ4n) is 2.22. The second-order valence-electron chi connectivity index (χ2n) is 5.37. The van der Waals surface area contributed by atoms with Crippen LogP contribution in [0, 0.1) is 5.92 Å². The monoisotopic (exact) mass is 282 g/mol. The van der Waals surface area contributed by atoms with E-state index >= 15 is 0 Å². The number of hydrogen-bond acceptors (Lipinski definition) is 2. The van der Waals surface area contributed by atoms with E-state index in [4.69, 9.17) is 0 Å². The third-order valence-corrected chi connectivity index (χ3v) is 5.53. The van der Waals surface area contributed by atoms with Crippen LogP contribution >= 0.6 is 0 Å². The third-order valence-electron chi connectivity index (χ3n) is 3.68. The Morgan fingerprint density at radius 1 is 1.16 bits per heavy atom. The lowest BCUT2D eigenvalue weighted by molar-refractivity contribution is 0.235. The maximum atomic E-state index is 12.4. The molecule has 0 bridgehead atoms. The fourth-order valence-corrected chi connectivity index (χ4v) is 3.39. The van der Waals surface area contributed by atoms with Gasteiger partial charge in [-0.15, -0.1) is 0 Å². The number of benzene rings is 1. The Balaban J connectivity index is 2.14. The molecule has 1 aliphatic rings. The first kappa shape index (κ1) is 14.5. The van der Waals surface area contributed by atoms with Gasteiger partial charge < -0.3 is 0 Å². The lowest BCUT2D eigenvalue weighted by atomic mass is 9.85. The normalized spacial score (nSPS) is 16.8. The van der Waals surface area contributed by atoms with Crippen LogP contribution in [0.1, 0.15) is 24.8 Å². The topological polar surface area (TPSA) is 40.6 Å². The van der Waals surface area contributed by atoms with Gasteiger partial charge in [-0.25, -0.2) is 0 Å². The van der Waals surface area contributed by atoms with E-state index in [1.807, 2.05) is 30.3 Å². The van der Waals surface area contributed by atoms with Crippen LogP contribution < -0.4 is 0 Å². The van der Waals surface area contributed by atoms with Crippen LogP contribution in [0.5, 0.6) is 0 Å². The molecule has 5 heteroatoms. The highest BCUT2D eigenvalue weighted by Crippen LogP contribution is 2.28. The zero-order valence-corrected chi connectivity index (χ0v) is 12.4. The summed E-state index contributed by atoms with van der Waals surface area (Å²) < 4.78 is 27.6. The Hall–Kier alpha value is -0.910. The van der Waals surface area contributed by atoms with E-state index in [0.29, 0.717) is 19.0 Å². The minimum atomic E-state index is -3.34. The maximum absolute atomic E-state index is 12.4. The van der Waals surface area contributed by atoms with Gasteiger partial charge in [0.05, 0.1) is 0 Å². The average molecular weight is 282 g/mol. The molecule has 0 spiro atoms. The molecule has 106 valence electrons. The lowest BCUT2D eigenvalue weighted by Gasteiger charge is -2.33. The first-order valence-corrected chi connectivity index (χ1v) is 8.11. The van der Waals surface area contributed by atoms with Crippen molar-refractivity contribution >= 4 is 10.2 Å². The molecule has 1 aromatic carbocycles. The molecular weight excluding hydrogens is 260 g/mol. The Labute approximate surface area is 116 Å². The maximum Gasteiger partial charge on any atom is 0.281 e. The average Bonchev–Trinajstić information content (AvgIpc) is 2.33. The quantitative estimate of drug-likeness (QED) is 0.801. The summed E-state index contributed by atoms with van der Waals surface area (Å²) >= 11 is 0. The third kappa shape index (κ3) is 3.55. The summed E-state index contributed by atoms with van der Waals surface area (Å²) in [6.45, 7) is 1.09. The first-order valence-electron chi connectivity index (χ1n) is 6.71. The highest BCUT2D eigenvalue weighted by Gasteiger charge is 2.29. The van der Waals surface area contributed by atoms with Crippen LogP contribution in [0.15, 0.2) is 30.3 Å². The highest BCUT2D eigenvalue weighted by molar-refractivity contribution is 7.86. The SMILES string of the molecule is CN(C)S(=O)(=O)N(Cc1ccccc1)CC1CCC1. The summed E-state index contributed by atoms with van der Waals surface area (Å²) in [6.07, 6.45) is 3.52. The van der Waals surface area contributed by atoms with Crippen molar-refractivity contribution in [3.05, 3.63) is 35.9 Å². The molecule has 4 nitrogen and oxygen atoms in total. The molecule has 0 saturated heterocycles. The Morgan fingerprint density at radius 3 is 2.26 bits per heavy atom. The predicted octanol–water partition coefficient (Wildman–Crippen LogP) is 2.10. The minimum absolute atomic E-state index is 0.456. The van der Waals surface area contributed by atoms with Gasteiger partial charge in [-0.2, -0.15) is 17.0 Å². The summed E-state index contributed by atoms with van der Waals surface area (Å²) in [5, 5.41) is 0. The van der Waals surface area contributed by atoms with Crippen molar-refractivity contribution < 1.29 is 8.42 Å². The molecular formula is C14H22N2O2S. The Kier molecular flexibility index (Phi) is 4.60. The van der Waals surface area contributed by atoms with Crippen LogP contribution in [0.2, 0.25) is 0 Å². The molecule has 0 unspecified atom stereocenters. The molecule has 19 heavy (non-hydrogen) atoms. The smallest absolute Gasteiger partial charge is 0.195 e. The summed E-state index contributed by atoms with van der Waals surface area (Å²) in [5.41, 5.74) is 1.03. The van der Waals surface area contributed by atoms with Crippen LogP contribution in [0.25, 0.3) is 0 Å². The lowest BCUT2D eigenvalue weighted by Crippen LogP contribution is -2.43. The van der Waals surface area contributed by atoms with E-state index in [2.05, 4.69) is 0 Å². The van der Waals surface area contributed by atoms with Gasteiger partial charge in [-0.05, 0) is 24.3 Å². The summed E-state index contributed by atoms with van der Waals surface area (Å²) in [6, 6.07) is 9.77. The Bertz CT molecular complexity index is 495. The van der Waals surface area contributed by atoms with Crippen molar-refractivity contribution in [2.45, 2.75) is 25.8 Å². The number of hydrogen-bond donors (Lipinski definition) is 0. The zero-order chi connectivity index (χ0) is 13.9. The van der Waals surface area contributed by atoms with Gasteiger partial charge in [0.2, 0.25) is 0 Å². The predicted molar refractivity (Wildman–Crippen MR) is 76.8 cm³/mol. The van der Waals surface area contributed by atoms with Gasteiger partial charge in [0.25, 0.3) is 10.2 Å². The minimum Gasteiger partial charge on any atom is -0.195 e. The molecule has 1 aromatic rings. The number of nitrogens with zero attached hydrogens (tertiary/aromatic N) is 2. The van der Waals surface area contributed by atoms with Crippen LogP contribution in [0.3, 0.4) is 0 Å².